The molecule has 11 heteroatoms. The summed E-state index contributed by atoms with van der Waals surface area (Å²) in [5.41, 5.74) is 8.73. The lowest BCUT2D eigenvalue weighted by Gasteiger charge is -2.17. The number of rotatable bonds is 8. The van der Waals surface area contributed by atoms with Crippen LogP contribution in [0.1, 0.15) is 11.4 Å². The molecule has 2 aromatic heterocycles. The summed E-state index contributed by atoms with van der Waals surface area (Å²) in [6.07, 6.45) is 4.30. The molecule has 0 radical (unpaired) electrons. The zero-order valence-electron chi connectivity index (χ0n) is 19.6. The highest BCUT2D eigenvalue weighted by Crippen LogP contribution is 2.29. The van der Waals surface area contributed by atoms with Crippen LogP contribution in [0.25, 0.3) is 21.2 Å². The molecular formula is C26H24N6O3S2. The van der Waals surface area contributed by atoms with Crippen LogP contribution in [0.15, 0.2) is 84.0 Å². The number of imidazole rings is 1. The lowest BCUT2D eigenvalue weighted by atomic mass is 9.94. The number of fused-ring (bicyclic) bond motifs is 1. The zero-order valence-corrected chi connectivity index (χ0v) is 21.2. The molecule has 37 heavy (non-hydrogen) atoms. The number of nitrogens with two attached hydrogens (primary N) is 2. The van der Waals surface area contributed by atoms with Crippen LogP contribution in [0.2, 0.25) is 0 Å². The molecule has 0 fully saturated rings. The number of sulfonamides is 1. The standard InChI is InChI=1S/C26H24N6O3S2/c27-25-21-14-16(5-10-22(21)36-32-25)13-18(15-24-29-11-12-30-24)26(33)31-19-8-6-17(7-9-19)20-3-1-2-4-23(20)37(28,34)35/h1-12,14,18H,13,15H2,(H2,27,32)(H,29,30)(H,31,33)(H2,28,34,35). The summed E-state index contributed by atoms with van der Waals surface area (Å²) in [5, 5.41) is 9.24. The quantitative estimate of drug-likeness (QED) is 0.237. The van der Waals surface area contributed by atoms with Gasteiger partial charge in [-0.3, -0.25) is 4.79 Å². The number of benzene rings is 3. The van der Waals surface area contributed by atoms with Crippen LogP contribution in [0, 0.1) is 5.92 Å². The summed E-state index contributed by atoms with van der Waals surface area (Å²) >= 11 is 1.35. The van der Waals surface area contributed by atoms with Crippen molar-refractivity contribution in [2.24, 2.45) is 11.1 Å². The van der Waals surface area contributed by atoms with Gasteiger partial charge in [0.2, 0.25) is 15.9 Å². The van der Waals surface area contributed by atoms with E-state index in [1.807, 2.05) is 18.2 Å². The Bertz CT molecular complexity index is 1660. The van der Waals surface area contributed by atoms with Crippen molar-refractivity contribution < 1.29 is 13.2 Å². The molecule has 5 rings (SSSR count). The minimum absolute atomic E-state index is 0.0451. The third kappa shape index (κ3) is 5.53. The number of nitrogens with zero attached hydrogens (tertiary/aromatic N) is 2. The van der Waals surface area contributed by atoms with Crippen LogP contribution in [-0.4, -0.2) is 28.7 Å². The van der Waals surface area contributed by atoms with E-state index in [1.54, 1.807) is 54.9 Å². The Kier molecular flexibility index (Phi) is 6.74. The molecule has 0 saturated carbocycles. The number of carbonyl (C=O) groups excluding carboxylic acids is 1. The van der Waals surface area contributed by atoms with E-state index in [4.69, 9.17) is 10.9 Å². The molecule has 0 saturated heterocycles. The summed E-state index contributed by atoms with van der Waals surface area (Å²) in [7, 11) is -3.88. The normalized spacial score (nSPS) is 12.5. The van der Waals surface area contributed by atoms with Crippen molar-refractivity contribution >= 4 is 49.1 Å². The van der Waals surface area contributed by atoms with Gasteiger partial charge >= 0.3 is 0 Å². The Labute approximate surface area is 217 Å². The molecular weight excluding hydrogens is 508 g/mol. The van der Waals surface area contributed by atoms with Gasteiger partial charge in [0.1, 0.15) is 11.6 Å². The first-order valence-electron chi connectivity index (χ1n) is 11.4. The van der Waals surface area contributed by atoms with Crippen molar-refractivity contribution in [1.29, 1.82) is 0 Å². The maximum absolute atomic E-state index is 13.4. The highest BCUT2D eigenvalue weighted by Gasteiger charge is 2.22. The zero-order chi connectivity index (χ0) is 26.0. The van der Waals surface area contributed by atoms with Crippen molar-refractivity contribution in [3.63, 3.8) is 0 Å². The molecule has 0 aliphatic heterocycles. The highest BCUT2D eigenvalue weighted by atomic mass is 32.2. The molecule has 1 atom stereocenters. The molecule has 5 aromatic rings. The number of aromatic nitrogens is 3. The monoisotopic (exact) mass is 532 g/mol. The number of primary sulfonamides is 1. The van der Waals surface area contributed by atoms with Gasteiger partial charge < -0.3 is 16.0 Å². The van der Waals surface area contributed by atoms with Gasteiger partial charge in [0, 0.05) is 41.4 Å². The number of hydrogen-bond donors (Lipinski definition) is 4. The fraction of sp³-hybridized carbons (Fsp3) is 0.115. The van der Waals surface area contributed by atoms with E-state index in [-0.39, 0.29) is 10.8 Å². The Morgan fingerprint density at radius 2 is 1.84 bits per heavy atom. The Hall–Kier alpha value is -4.06. The number of nitrogen functional groups attached to an aromatic ring is 1. The van der Waals surface area contributed by atoms with Crippen molar-refractivity contribution in [3.05, 3.63) is 90.5 Å². The van der Waals surface area contributed by atoms with Crippen LogP contribution < -0.4 is 16.2 Å². The van der Waals surface area contributed by atoms with Gasteiger partial charge in [0.15, 0.2) is 0 Å². The first kappa shape index (κ1) is 24.6. The largest absolute Gasteiger partial charge is 0.382 e. The molecule has 0 spiro atoms. The van der Waals surface area contributed by atoms with Gasteiger partial charge in [0.25, 0.3) is 0 Å². The molecule has 0 bridgehead atoms. The van der Waals surface area contributed by atoms with Gasteiger partial charge in [-0.2, -0.15) is 4.37 Å². The number of aromatic amines is 1. The smallest absolute Gasteiger partial charge is 0.238 e. The third-order valence-corrected chi connectivity index (χ3v) is 7.88. The van der Waals surface area contributed by atoms with E-state index in [9.17, 15) is 13.2 Å². The maximum atomic E-state index is 13.4. The van der Waals surface area contributed by atoms with Gasteiger partial charge in [-0.1, -0.05) is 36.4 Å². The number of hydrogen-bond acceptors (Lipinski definition) is 7. The Morgan fingerprint density at radius 1 is 1.05 bits per heavy atom. The predicted molar refractivity (Wildman–Crippen MR) is 145 cm³/mol. The minimum Gasteiger partial charge on any atom is -0.382 e. The Morgan fingerprint density at radius 3 is 2.57 bits per heavy atom. The van der Waals surface area contributed by atoms with E-state index >= 15 is 0 Å². The second kappa shape index (κ2) is 10.1. The molecule has 2 heterocycles. The molecule has 3 aromatic carbocycles. The lowest BCUT2D eigenvalue weighted by molar-refractivity contribution is -0.119. The van der Waals surface area contributed by atoms with Crippen LogP contribution in [0.5, 0.6) is 0 Å². The van der Waals surface area contributed by atoms with Gasteiger partial charge in [-0.15, -0.1) is 0 Å². The van der Waals surface area contributed by atoms with E-state index < -0.39 is 15.9 Å². The third-order valence-electron chi connectivity index (χ3n) is 6.07. The SMILES string of the molecule is Nc1nsc2ccc(CC(Cc3ncc[nH]3)C(=O)Nc3ccc(-c4ccccc4S(N)(=O)=O)cc3)cc12. The molecule has 0 aliphatic rings. The van der Waals surface area contributed by atoms with E-state index in [1.165, 1.54) is 17.6 Å². The van der Waals surface area contributed by atoms with Crippen molar-refractivity contribution in [3.8, 4) is 11.1 Å². The van der Waals surface area contributed by atoms with Crippen molar-refractivity contribution in [2.75, 3.05) is 11.1 Å². The number of carbonyl (C=O) groups is 1. The number of nitrogens with one attached hydrogen (secondary N) is 2. The average molecular weight is 533 g/mol. The first-order valence-corrected chi connectivity index (χ1v) is 13.7. The fourth-order valence-electron chi connectivity index (χ4n) is 4.25. The maximum Gasteiger partial charge on any atom is 0.238 e. The topological polar surface area (TPSA) is 157 Å². The van der Waals surface area contributed by atoms with Crippen molar-refractivity contribution in [1.82, 2.24) is 14.3 Å². The summed E-state index contributed by atoms with van der Waals surface area (Å²) in [6.45, 7) is 0. The number of H-pyrrole nitrogens is 1. The molecule has 1 unspecified atom stereocenters. The molecule has 1 amide bonds. The van der Waals surface area contributed by atoms with Crippen molar-refractivity contribution in [2.45, 2.75) is 17.7 Å². The van der Waals surface area contributed by atoms with Crippen LogP contribution in [-0.2, 0) is 27.7 Å². The van der Waals surface area contributed by atoms with E-state index in [2.05, 4.69) is 19.7 Å². The summed E-state index contributed by atoms with van der Waals surface area (Å²) < 4.78 is 29.1. The van der Waals surface area contributed by atoms with Gasteiger partial charge in [0.05, 0.1) is 9.60 Å². The molecule has 188 valence electrons. The lowest BCUT2D eigenvalue weighted by Crippen LogP contribution is -2.27. The van der Waals surface area contributed by atoms with E-state index in [0.717, 1.165) is 15.6 Å². The van der Waals surface area contributed by atoms with E-state index in [0.29, 0.717) is 41.3 Å². The van der Waals surface area contributed by atoms with Crippen LogP contribution >= 0.6 is 11.5 Å². The summed E-state index contributed by atoms with van der Waals surface area (Å²) in [5.74, 6) is 0.635. The van der Waals surface area contributed by atoms with Gasteiger partial charge in [-0.05, 0) is 59.4 Å². The Balaban J connectivity index is 1.37. The molecule has 6 N–H and O–H groups in total. The summed E-state index contributed by atoms with van der Waals surface area (Å²) in [6, 6.07) is 19.4. The fourth-order valence-corrected chi connectivity index (χ4v) is 5.69. The molecule has 9 nitrogen and oxygen atoms in total. The highest BCUT2D eigenvalue weighted by molar-refractivity contribution is 7.89. The number of amides is 1. The summed E-state index contributed by atoms with van der Waals surface area (Å²) in [4.78, 5) is 20.8. The average Bonchev–Trinajstić information content (AvgIpc) is 3.53. The minimum atomic E-state index is -3.88. The number of anilines is 2. The second-order valence-electron chi connectivity index (χ2n) is 8.65. The van der Waals surface area contributed by atoms with Crippen LogP contribution in [0.4, 0.5) is 11.5 Å². The van der Waals surface area contributed by atoms with Crippen LogP contribution in [0.3, 0.4) is 0 Å². The molecule has 0 aliphatic carbocycles. The van der Waals surface area contributed by atoms with Gasteiger partial charge in [-0.25, -0.2) is 18.5 Å². The first-order chi connectivity index (χ1) is 17.8. The second-order valence-corrected chi connectivity index (χ2v) is 11.0. The predicted octanol–water partition coefficient (Wildman–Crippen LogP) is 3.96.